The molecule has 1 fully saturated rings. The van der Waals surface area contributed by atoms with Gasteiger partial charge in [-0.2, -0.15) is 13.2 Å². The summed E-state index contributed by atoms with van der Waals surface area (Å²) in [6.07, 6.45) is -3.36. The number of carboxylic acids is 1. The highest BCUT2D eigenvalue weighted by atomic mass is 19.4. The third kappa shape index (κ3) is 4.94. The van der Waals surface area contributed by atoms with Crippen molar-refractivity contribution < 1.29 is 32.7 Å². The van der Waals surface area contributed by atoms with Crippen LogP contribution in [0.25, 0.3) is 0 Å². The smallest absolute Gasteiger partial charge is 0.416 e. The van der Waals surface area contributed by atoms with Crippen molar-refractivity contribution in [3.05, 3.63) is 35.4 Å². The van der Waals surface area contributed by atoms with Gasteiger partial charge in [0.2, 0.25) is 5.91 Å². The maximum absolute atomic E-state index is 12.5. The van der Waals surface area contributed by atoms with Crippen molar-refractivity contribution in [2.24, 2.45) is 0 Å². The summed E-state index contributed by atoms with van der Waals surface area (Å²) in [6.45, 7) is 0.0862. The highest BCUT2D eigenvalue weighted by Crippen LogP contribution is 2.29. The van der Waals surface area contributed by atoms with Crippen LogP contribution < -0.4 is 5.32 Å². The molecule has 25 heavy (non-hydrogen) atoms. The van der Waals surface area contributed by atoms with Crippen molar-refractivity contribution in [2.45, 2.75) is 31.5 Å². The molecule has 1 aromatic rings. The number of alkyl halides is 3. The van der Waals surface area contributed by atoms with E-state index in [0.29, 0.717) is 19.4 Å². The summed E-state index contributed by atoms with van der Waals surface area (Å²) in [6, 6.07) is 3.26. The number of nitrogens with zero attached hydrogens (tertiary/aromatic N) is 1. The molecule has 1 saturated heterocycles. The third-order valence-corrected chi connectivity index (χ3v) is 3.98. The number of nitrogens with one attached hydrogen (secondary N) is 1. The molecule has 2 amide bonds. The number of halogens is 3. The molecule has 0 saturated carbocycles. The molecule has 0 aromatic heterocycles. The fraction of sp³-hybridized carbons (Fsp3) is 0.438. The van der Waals surface area contributed by atoms with E-state index < -0.39 is 35.6 Å². The molecule has 0 aliphatic carbocycles. The second-order valence-electron chi connectivity index (χ2n) is 5.74. The molecule has 1 heterocycles. The lowest BCUT2D eigenvalue weighted by molar-refractivity contribution is -0.140. The number of likely N-dealkylation sites (tertiary alicyclic amines) is 1. The number of carbonyl (C=O) groups is 3. The molecular formula is C16H17F3N2O4. The van der Waals surface area contributed by atoms with Gasteiger partial charge in [-0.1, -0.05) is 0 Å². The largest absolute Gasteiger partial charge is 0.481 e. The lowest BCUT2D eigenvalue weighted by Crippen LogP contribution is -2.43. The molecular weight excluding hydrogens is 341 g/mol. The van der Waals surface area contributed by atoms with Crippen LogP contribution in [0.1, 0.15) is 35.2 Å². The summed E-state index contributed by atoms with van der Waals surface area (Å²) < 4.78 is 37.4. The number of carboxylic acid groups (broad SMARTS) is 1. The van der Waals surface area contributed by atoms with Gasteiger partial charge in [0.15, 0.2) is 0 Å². The fourth-order valence-corrected chi connectivity index (χ4v) is 2.75. The summed E-state index contributed by atoms with van der Waals surface area (Å²) in [4.78, 5) is 36.3. The first-order valence-electron chi connectivity index (χ1n) is 7.65. The number of amides is 2. The second-order valence-corrected chi connectivity index (χ2v) is 5.74. The van der Waals surface area contributed by atoms with Gasteiger partial charge in [-0.25, -0.2) is 0 Å². The zero-order valence-corrected chi connectivity index (χ0v) is 13.2. The van der Waals surface area contributed by atoms with E-state index in [9.17, 15) is 27.6 Å². The minimum atomic E-state index is -4.49. The van der Waals surface area contributed by atoms with Crippen LogP contribution in [-0.2, 0) is 15.8 Å². The van der Waals surface area contributed by atoms with Gasteiger partial charge in [0.25, 0.3) is 5.91 Å². The van der Waals surface area contributed by atoms with Crippen LogP contribution in [0, 0.1) is 0 Å². The zero-order chi connectivity index (χ0) is 18.6. The number of hydrogen-bond acceptors (Lipinski definition) is 3. The number of hydrogen-bond donors (Lipinski definition) is 2. The minimum Gasteiger partial charge on any atom is -0.481 e. The molecule has 6 nitrogen and oxygen atoms in total. The molecule has 1 aliphatic rings. The molecule has 0 spiro atoms. The van der Waals surface area contributed by atoms with Gasteiger partial charge >= 0.3 is 12.1 Å². The van der Waals surface area contributed by atoms with Gasteiger partial charge in [0.1, 0.15) is 0 Å². The monoisotopic (exact) mass is 358 g/mol. The van der Waals surface area contributed by atoms with E-state index in [2.05, 4.69) is 5.32 Å². The first-order chi connectivity index (χ1) is 11.7. The summed E-state index contributed by atoms with van der Waals surface area (Å²) in [5.41, 5.74) is -0.863. The van der Waals surface area contributed by atoms with Crippen LogP contribution in [0.4, 0.5) is 13.2 Å². The van der Waals surface area contributed by atoms with E-state index in [1.54, 1.807) is 0 Å². The number of benzene rings is 1. The Hall–Kier alpha value is -2.58. The Kier molecular flexibility index (Phi) is 5.66. The molecule has 9 heteroatoms. The topological polar surface area (TPSA) is 86.7 Å². The number of carbonyl (C=O) groups excluding carboxylic acids is 2. The van der Waals surface area contributed by atoms with E-state index >= 15 is 0 Å². The van der Waals surface area contributed by atoms with E-state index in [4.69, 9.17) is 5.11 Å². The number of aliphatic carboxylic acids is 1. The average Bonchev–Trinajstić information content (AvgIpc) is 2.99. The van der Waals surface area contributed by atoms with Crippen molar-refractivity contribution in [1.29, 1.82) is 0 Å². The van der Waals surface area contributed by atoms with Gasteiger partial charge in [-0.15, -0.1) is 0 Å². The van der Waals surface area contributed by atoms with Crippen LogP contribution in [0.3, 0.4) is 0 Å². The van der Waals surface area contributed by atoms with Crippen LogP contribution in [0.15, 0.2) is 24.3 Å². The first-order valence-corrected chi connectivity index (χ1v) is 7.65. The second kappa shape index (κ2) is 7.54. The lowest BCUT2D eigenvalue weighted by atomic mass is 10.1. The van der Waals surface area contributed by atoms with Crippen molar-refractivity contribution in [3.63, 3.8) is 0 Å². The normalized spacial score (nSPS) is 17.4. The summed E-state index contributed by atoms with van der Waals surface area (Å²) >= 11 is 0. The van der Waals surface area contributed by atoms with Crippen LogP contribution in [-0.4, -0.2) is 46.9 Å². The van der Waals surface area contributed by atoms with Crippen molar-refractivity contribution >= 4 is 17.8 Å². The number of rotatable bonds is 5. The van der Waals surface area contributed by atoms with Crippen molar-refractivity contribution in [2.75, 3.05) is 13.1 Å². The van der Waals surface area contributed by atoms with E-state index in [-0.39, 0.29) is 18.5 Å². The van der Waals surface area contributed by atoms with Gasteiger partial charge in [-0.05, 0) is 37.1 Å². The van der Waals surface area contributed by atoms with Gasteiger partial charge < -0.3 is 15.3 Å². The van der Waals surface area contributed by atoms with E-state index in [1.807, 2.05) is 0 Å². The average molecular weight is 358 g/mol. The van der Waals surface area contributed by atoms with Gasteiger partial charge in [0, 0.05) is 18.2 Å². The van der Waals surface area contributed by atoms with Crippen LogP contribution >= 0.6 is 0 Å². The zero-order valence-electron chi connectivity index (χ0n) is 13.2. The summed E-state index contributed by atoms with van der Waals surface area (Å²) in [7, 11) is 0. The quantitative estimate of drug-likeness (QED) is 0.842. The van der Waals surface area contributed by atoms with E-state index in [1.165, 1.54) is 4.90 Å². The predicted molar refractivity (Wildman–Crippen MR) is 80.8 cm³/mol. The maximum Gasteiger partial charge on any atom is 0.416 e. The Morgan fingerprint density at radius 1 is 1.20 bits per heavy atom. The SMILES string of the molecule is O=C(O)CC1CCCN1C(=O)CNC(=O)c1ccc(C(F)(F)F)cc1. The molecule has 1 unspecified atom stereocenters. The van der Waals surface area contributed by atoms with Gasteiger partial charge in [0.05, 0.1) is 18.5 Å². The maximum atomic E-state index is 12.5. The minimum absolute atomic E-state index is 0.00399. The molecule has 1 aromatic carbocycles. The Labute approximate surface area is 141 Å². The molecule has 0 bridgehead atoms. The highest BCUT2D eigenvalue weighted by molar-refractivity contribution is 5.96. The van der Waals surface area contributed by atoms with E-state index in [0.717, 1.165) is 24.3 Å². The third-order valence-electron chi connectivity index (χ3n) is 3.98. The molecule has 136 valence electrons. The Morgan fingerprint density at radius 3 is 2.40 bits per heavy atom. The Balaban J connectivity index is 1.91. The predicted octanol–water partition coefficient (Wildman–Crippen LogP) is 1.90. The summed E-state index contributed by atoms with van der Waals surface area (Å²) in [5.74, 6) is -2.08. The standard InChI is InChI=1S/C16H17F3N2O4/c17-16(18,19)11-5-3-10(4-6-11)15(25)20-9-13(22)21-7-1-2-12(21)8-14(23)24/h3-6,12H,1-2,7-9H2,(H,20,25)(H,23,24). The molecule has 1 atom stereocenters. The molecule has 0 radical (unpaired) electrons. The first kappa shape index (κ1) is 18.8. The molecule has 2 N–H and O–H groups in total. The lowest BCUT2D eigenvalue weighted by Gasteiger charge is -2.23. The molecule has 2 rings (SSSR count). The van der Waals surface area contributed by atoms with Crippen molar-refractivity contribution in [3.8, 4) is 0 Å². The van der Waals surface area contributed by atoms with Crippen LogP contribution in [0.2, 0.25) is 0 Å². The Morgan fingerprint density at radius 2 is 1.84 bits per heavy atom. The van der Waals surface area contributed by atoms with Crippen molar-refractivity contribution in [1.82, 2.24) is 10.2 Å². The highest BCUT2D eigenvalue weighted by Gasteiger charge is 2.31. The molecule has 1 aliphatic heterocycles. The fourth-order valence-electron chi connectivity index (χ4n) is 2.75. The van der Waals surface area contributed by atoms with Crippen LogP contribution in [0.5, 0.6) is 0 Å². The van der Waals surface area contributed by atoms with Gasteiger partial charge in [-0.3, -0.25) is 14.4 Å². The Bertz CT molecular complexity index is 658. The summed E-state index contributed by atoms with van der Waals surface area (Å²) in [5, 5.41) is 11.2.